The molecule has 2 rings (SSSR count). The summed E-state index contributed by atoms with van der Waals surface area (Å²) in [6.07, 6.45) is 0. The zero-order valence-corrected chi connectivity index (χ0v) is 11.5. The van der Waals surface area contributed by atoms with Crippen molar-refractivity contribution in [3.63, 3.8) is 0 Å². The molecule has 1 saturated heterocycles. The summed E-state index contributed by atoms with van der Waals surface area (Å²) in [5.41, 5.74) is 0. The number of ether oxygens (including phenoxy) is 1. The molecule has 0 radical (unpaired) electrons. The van der Waals surface area contributed by atoms with Gasteiger partial charge in [-0.3, -0.25) is 0 Å². The molecule has 17 heavy (non-hydrogen) atoms. The van der Waals surface area contributed by atoms with Gasteiger partial charge in [0.15, 0.2) is 5.37 Å². The van der Waals surface area contributed by atoms with E-state index in [2.05, 4.69) is 4.74 Å². The van der Waals surface area contributed by atoms with Gasteiger partial charge in [0.25, 0.3) is 10.0 Å². The van der Waals surface area contributed by atoms with Crippen molar-refractivity contribution >= 4 is 39.1 Å². The Hall–Kier alpha value is -0.570. The van der Waals surface area contributed by atoms with Crippen molar-refractivity contribution < 1.29 is 17.9 Å². The van der Waals surface area contributed by atoms with Gasteiger partial charge in [0.2, 0.25) is 0 Å². The van der Waals surface area contributed by atoms with Gasteiger partial charge in [0.1, 0.15) is 4.21 Å². The number of carbonyl (C=O) groups is 1. The van der Waals surface area contributed by atoms with Gasteiger partial charge in [-0.1, -0.05) is 6.07 Å². The van der Waals surface area contributed by atoms with Gasteiger partial charge in [-0.15, -0.1) is 23.1 Å². The highest BCUT2D eigenvalue weighted by molar-refractivity contribution is 8.02. The van der Waals surface area contributed by atoms with E-state index in [0.29, 0.717) is 12.3 Å². The lowest BCUT2D eigenvalue weighted by Gasteiger charge is -2.20. The van der Waals surface area contributed by atoms with Crippen LogP contribution in [0.3, 0.4) is 0 Å². The standard InChI is InChI=1S/C9H11NO4S3/c1-14-9(11)8-10(4-6-16-8)17(12,13)7-3-2-5-15-7/h2-3,5,8H,4,6H2,1H3. The van der Waals surface area contributed by atoms with E-state index in [4.69, 9.17) is 0 Å². The van der Waals surface area contributed by atoms with Crippen LogP contribution in [0.15, 0.2) is 21.7 Å². The van der Waals surface area contributed by atoms with Gasteiger partial charge in [-0.2, -0.15) is 4.31 Å². The number of esters is 1. The molecule has 0 aliphatic carbocycles. The van der Waals surface area contributed by atoms with Crippen LogP contribution in [0.5, 0.6) is 0 Å². The minimum absolute atomic E-state index is 0.258. The average Bonchev–Trinajstić information content (AvgIpc) is 2.98. The average molecular weight is 293 g/mol. The lowest BCUT2D eigenvalue weighted by atomic mass is 10.6. The number of nitrogens with zero attached hydrogens (tertiary/aromatic N) is 1. The quantitative estimate of drug-likeness (QED) is 0.778. The Morgan fingerprint density at radius 2 is 2.35 bits per heavy atom. The Balaban J connectivity index is 2.31. The lowest BCUT2D eigenvalue weighted by Crippen LogP contribution is -2.39. The summed E-state index contributed by atoms with van der Waals surface area (Å²) < 4.78 is 30.6. The van der Waals surface area contributed by atoms with E-state index in [1.54, 1.807) is 11.4 Å². The molecule has 1 atom stereocenters. The molecule has 5 nitrogen and oxygen atoms in total. The molecule has 94 valence electrons. The number of rotatable bonds is 3. The number of hydrogen-bond acceptors (Lipinski definition) is 6. The monoisotopic (exact) mass is 293 g/mol. The van der Waals surface area contributed by atoms with Crippen LogP contribution in [-0.2, 0) is 19.6 Å². The van der Waals surface area contributed by atoms with Crippen LogP contribution in [0.4, 0.5) is 0 Å². The molecular formula is C9H11NO4S3. The molecule has 1 aromatic rings. The van der Waals surface area contributed by atoms with Gasteiger partial charge >= 0.3 is 5.97 Å². The summed E-state index contributed by atoms with van der Waals surface area (Å²) in [5.74, 6) is 0.0808. The molecule has 0 spiro atoms. The van der Waals surface area contributed by atoms with Crippen molar-refractivity contribution in [1.29, 1.82) is 0 Å². The maximum atomic E-state index is 12.2. The van der Waals surface area contributed by atoms with E-state index in [0.717, 1.165) is 11.3 Å². The molecule has 1 aliphatic rings. The number of carbonyl (C=O) groups excluding carboxylic acids is 1. The van der Waals surface area contributed by atoms with Crippen LogP contribution in [0.2, 0.25) is 0 Å². The van der Waals surface area contributed by atoms with E-state index in [9.17, 15) is 13.2 Å². The Morgan fingerprint density at radius 3 is 2.94 bits per heavy atom. The molecule has 1 unspecified atom stereocenters. The molecule has 0 amide bonds. The molecule has 0 bridgehead atoms. The number of thiophene rings is 1. The maximum absolute atomic E-state index is 12.2. The first-order valence-corrected chi connectivity index (χ1v) is 8.19. The summed E-state index contributed by atoms with van der Waals surface area (Å²) in [6, 6.07) is 3.21. The maximum Gasteiger partial charge on any atom is 0.334 e. The summed E-state index contributed by atoms with van der Waals surface area (Å²) in [6.45, 7) is 0.338. The number of thioether (sulfide) groups is 1. The fourth-order valence-electron chi connectivity index (χ4n) is 1.51. The van der Waals surface area contributed by atoms with Crippen molar-refractivity contribution in [3.05, 3.63) is 17.5 Å². The molecule has 0 saturated carbocycles. The second kappa shape index (κ2) is 4.97. The largest absolute Gasteiger partial charge is 0.467 e. The number of hydrogen-bond donors (Lipinski definition) is 0. The number of methoxy groups -OCH3 is 1. The first kappa shape index (κ1) is 12.9. The van der Waals surface area contributed by atoms with Crippen LogP contribution in [-0.4, -0.2) is 43.5 Å². The smallest absolute Gasteiger partial charge is 0.334 e. The predicted molar refractivity (Wildman–Crippen MR) is 66.5 cm³/mol. The van der Waals surface area contributed by atoms with Crippen molar-refractivity contribution in [2.45, 2.75) is 9.58 Å². The second-order valence-electron chi connectivity index (χ2n) is 3.29. The first-order chi connectivity index (χ1) is 8.07. The lowest BCUT2D eigenvalue weighted by molar-refractivity contribution is -0.141. The summed E-state index contributed by atoms with van der Waals surface area (Å²) in [5, 5.41) is 0.940. The van der Waals surface area contributed by atoms with Crippen LogP contribution in [0.25, 0.3) is 0 Å². The minimum Gasteiger partial charge on any atom is -0.467 e. The van der Waals surface area contributed by atoms with Gasteiger partial charge in [0, 0.05) is 12.3 Å². The van der Waals surface area contributed by atoms with E-state index in [-0.39, 0.29) is 4.21 Å². The summed E-state index contributed by atoms with van der Waals surface area (Å²) in [7, 11) is -2.31. The van der Waals surface area contributed by atoms with Crippen LogP contribution in [0.1, 0.15) is 0 Å². The molecule has 1 aliphatic heterocycles. The highest BCUT2D eigenvalue weighted by atomic mass is 32.2. The third kappa shape index (κ3) is 2.35. The van der Waals surface area contributed by atoms with E-state index in [1.807, 2.05) is 0 Å². The predicted octanol–water partition coefficient (Wildman–Crippen LogP) is 0.985. The molecular weight excluding hydrogens is 282 g/mol. The Morgan fingerprint density at radius 1 is 1.59 bits per heavy atom. The van der Waals surface area contributed by atoms with E-state index >= 15 is 0 Å². The summed E-state index contributed by atoms with van der Waals surface area (Å²) in [4.78, 5) is 11.5. The van der Waals surface area contributed by atoms with E-state index < -0.39 is 21.4 Å². The molecule has 1 aromatic heterocycles. The fourth-order valence-corrected chi connectivity index (χ4v) is 5.72. The Labute approximate surface area is 108 Å². The molecule has 1 fully saturated rings. The van der Waals surface area contributed by atoms with Crippen molar-refractivity contribution in [3.8, 4) is 0 Å². The SMILES string of the molecule is COC(=O)C1SCCN1S(=O)(=O)c1cccs1. The molecule has 0 N–H and O–H groups in total. The van der Waals surface area contributed by atoms with Gasteiger partial charge < -0.3 is 4.74 Å². The topological polar surface area (TPSA) is 63.7 Å². The van der Waals surface area contributed by atoms with Crippen molar-refractivity contribution in [2.75, 3.05) is 19.4 Å². The normalized spacial score (nSPS) is 21.6. The zero-order valence-electron chi connectivity index (χ0n) is 9.03. The fraction of sp³-hybridized carbons (Fsp3) is 0.444. The third-order valence-corrected chi connectivity index (χ3v) is 6.86. The van der Waals surface area contributed by atoms with E-state index in [1.165, 1.54) is 29.2 Å². The van der Waals surface area contributed by atoms with Crippen LogP contribution < -0.4 is 0 Å². The minimum atomic E-state index is -3.57. The number of sulfonamides is 1. The third-order valence-electron chi connectivity index (χ3n) is 2.31. The second-order valence-corrected chi connectivity index (χ2v) is 7.55. The Kier molecular flexibility index (Phi) is 3.76. The van der Waals surface area contributed by atoms with Crippen molar-refractivity contribution in [1.82, 2.24) is 4.31 Å². The Bertz CT molecular complexity index is 496. The van der Waals surface area contributed by atoms with Gasteiger partial charge in [-0.25, -0.2) is 13.2 Å². The van der Waals surface area contributed by atoms with Crippen molar-refractivity contribution in [2.24, 2.45) is 0 Å². The van der Waals surface area contributed by atoms with Gasteiger partial charge in [0.05, 0.1) is 7.11 Å². The highest BCUT2D eigenvalue weighted by Gasteiger charge is 2.41. The molecule has 2 heterocycles. The van der Waals surface area contributed by atoms with Crippen LogP contribution in [0, 0.1) is 0 Å². The molecule has 0 aromatic carbocycles. The van der Waals surface area contributed by atoms with Gasteiger partial charge in [-0.05, 0) is 11.4 Å². The highest BCUT2D eigenvalue weighted by Crippen LogP contribution is 2.32. The zero-order chi connectivity index (χ0) is 12.5. The van der Waals surface area contributed by atoms with Crippen LogP contribution >= 0.6 is 23.1 Å². The first-order valence-electron chi connectivity index (χ1n) is 4.82. The molecule has 8 heteroatoms. The summed E-state index contributed by atoms with van der Waals surface area (Å²) >= 11 is 2.43.